The number of benzene rings is 1. The molecule has 0 spiro atoms. The van der Waals surface area contributed by atoms with Crippen molar-refractivity contribution in [3.05, 3.63) is 48.0 Å². The molecule has 0 bridgehead atoms. The SMILES string of the molecule is CCCn1cc(NC(=O)[C@H]2C[C@@H](c3ccc(F)cc3)NS(=O)(=O)N2C)cn1. The summed E-state index contributed by atoms with van der Waals surface area (Å²) in [6.07, 6.45) is 4.36. The highest BCUT2D eigenvalue weighted by atomic mass is 32.2. The summed E-state index contributed by atoms with van der Waals surface area (Å²) in [6.45, 7) is 2.74. The van der Waals surface area contributed by atoms with Crippen molar-refractivity contribution in [3.63, 3.8) is 0 Å². The molecule has 2 heterocycles. The Balaban J connectivity index is 1.79. The molecule has 3 rings (SSSR count). The van der Waals surface area contributed by atoms with Crippen LogP contribution in [0.2, 0.25) is 0 Å². The lowest BCUT2D eigenvalue weighted by Crippen LogP contribution is -2.55. The summed E-state index contributed by atoms with van der Waals surface area (Å²) < 4.78 is 43.3. The fourth-order valence-electron chi connectivity index (χ4n) is 3.03. The Labute approximate surface area is 157 Å². The average molecular weight is 395 g/mol. The Hall–Kier alpha value is -2.30. The standard InChI is InChI=1S/C17H22FN5O3S/c1-3-8-23-11-14(10-19-23)20-17(24)16-9-15(21-27(25,26)22(16)2)12-4-6-13(18)7-5-12/h4-7,10-11,15-16,21H,3,8-9H2,1-2H3,(H,20,24)/t15-,16+/m0/s1. The number of hydrogen-bond acceptors (Lipinski definition) is 4. The second kappa shape index (κ2) is 7.75. The number of halogens is 1. The van der Waals surface area contributed by atoms with Crippen LogP contribution in [0.25, 0.3) is 0 Å². The summed E-state index contributed by atoms with van der Waals surface area (Å²) in [7, 11) is -2.50. The zero-order valence-electron chi connectivity index (χ0n) is 15.1. The van der Waals surface area contributed by atoms with Gasteiger partial charge in [0.15, 0.2) is 0 Å². The van der Waals surface area contributed by atoms with E-state index >= 15 is 0 Å². The van der Waals surface area contributed by atoms with Crippen LogP contribution in [-0.4, -0.2) is 41.5 Å². The molecule has 1 saturated heterocycles. The summed E-state index contributed by atoms with van der Waals surface area (Å²) in [6, 6.07) is 4.03. The molecule has 0 radical (unpaired) electrons. The maximum Gasteiger partial charge on any atom is 0.280 e. The number of anilines is 1. The van der Waals surface area contributed by atoms with E-state index in [1.807, 2.05) is 6.92 Å². The van der Waals surface area contributed by atoms with Gasteiger partial charge in [0.2, 0.25) is 5.91 Å². The van der Waals surface area contributed by atoms with Crippen LogP contribution in [0.15, 0.2) is 36.7 Å². The van der Waals surface area contributed by atoms with E-state index in [1.54, 1.807) is 10.9 Å². The van der Waals surface area contributed by atoms with Gasteiger partial charge in [-0.15, -0.1) is 0 Å². The monoisotopic (exact) mass is 395 g/mol. The number of nitrogens with one attached hydrogen (secondary N) is 2. The summed E-state index contributed by atoms with van der Waals surface area (Å²) in [5, 5.41) is 6.87. The second-order valence-electron chi connectivity index (χ2n) is 6.48. The van der Waals surface area contributed by atoms with Gasteiger partial charge in [0.05, 0.1) is 11.9 Å². The molecule has 10 heteroatoms. The highest BCUT2D eigenvalue weighted by Gasteiger charge is 2.40. The van der Waals surface area contributed by atoms with Crippen LogP contribution in [0.4, 0.5) is 10.1 Å². The lowest BCUT2D eigenvalue weighted by atomic mass is 9.99. The third kappa shape index (κ3) is 4.34. The van der Waals surface area contributed by atoms with Gasteiger partial charge in [0.25, 0.3) is 10.2 Å². The second-order valence-corrected chi connectivity index (χ2v) is 8.24. The molecule has 1 aromatic heterocycles. The summed E-state index contributed by atoms with van der Waals surface area (Å²) in [5.74, 6) is -0.848. The minimum Gasteiger partial charge on any atom is -0.322 e. The molecule has 0 saturated carbocycles. The maximum absolute atomic E-state index is 13.2. The Bertz CT molecular complexity index is 913. The molecular formula is C17H22FN5O3S. The molecular weight excluding hydrogens is 373 g/mol. The summed E-state index contributed by atoms with van der Waals surface area (Å²) in [4.78, 5) is 12.7. The number of rotatable bonds is 5. The maximum atomic E-state index is 13.2. The summed E-state index contributed by atoms with van der Waals surface area (Å²) in [5.41, 5.74) is 1.11. The average Bonchev–Trinajstić information content (AvgIpc) is 3.05. The van der Waals surface area contributed by atoms with E-state index in [-0.39, 0.29) is 6.42 Å². The van der Waals surface area contributed by atoms with Gasteiger partial charge in [-0.05, 0) is 30.5 Å². The van der Waals surface area contributed by atoms with Crippen molar-refractivity contribution in [2.75, 3.05) is 12.4 Å². The zero-order chi connectivity index (χ0) is 19.6. The first kappa shape index (κ1) is 19.5. The number of aromatic nitrogens is 2. The van der Waals surface area contributed by atoms with Crippen molar-refractivity contribution in [2.45, 2.75) is 38.4 Å². The summed E-state index contributed by atoms with van der Waals surface area (Å²) >= 11 is 0. The minimum atomic E-state index is -3.85. The van der Waals surface area contributed by atoms with Crippen molar-refractivity contribution in [2.24, 2.45) is 0 Å². The third-order valence-electron chi connectivity index (χ3n) is 4.50. The van der Waals surface area contributed by atoms with E-state index in [2.05, 4.69) is 15.1 Å². The molecule has 1 amide bonds. The molecule has 1 aromatic carbocycles. The first-order chi connectivity index (χ1) is 12.8. The molecule has 1 aliphatic rings. The Kier molecular flexibility index (Phi) is 5.59. The Morgan fingerprint density at radius 3 is 2.74 bits per heavy atom. The van der Waals surface area contributed by atoms with E-state index in [4.69, 9.17) is 0 Å². The van der Waals surface area contributed by atoms with Crippen molar-refractivity contribution in [3.8, 4) is 0 Å². The number of aryl methyl sites for hydroxylation is 1. The van der Waals surface area contributed by atoms with Gasteiger partial charge in [0, 0.05) is 25.8 Å². The molecule has 0 unspecified atom stereocenters. The van der Waals surface area contributed by atoms with Gasteiger partial charge in [-0.1, -0.05) is 19.1 Å². The van der Waals surface area contributed by atoms with E-state index < -0.39 is 34.0 Å². The molecule has 2 aromatic rings. The van der Waals surface area contributed by atoms with Crippen molar-refractivity contribution < 1.29 is 17.6 Å². The molecule has 146 valence electrons. The molecule has 1 fully saturated rings. The lowest BCUT2D eigenvalue weighted by molar-refractivity contribution is -0.120. The fraction of sp³-hybridized carbons (Fsp3) is 0.412. The van der Waals surface area contributed by atoms with Crippen molar-refractivity contribution >= 4 is 21.8 Å². The Morgan fingerprint density at radius 1 is 1.37 bits per heavy atom. The van der Waals surface area contributed by atoms with Crippen molar-refractivity contribution in [1.82, 2.24) is 18.8 Å². The number of carbonyl (C=O) groups excluding carboxylic acids is 1. The largest absolute Gasteiger partial charge is 0.322 e. The third-order valence-corrected chi connectivity index (χ3v) is 6.09. The van der Waals surface area contributed by atoms with Crippen LogP contribution in [0.3, 0.4) is 0 Å². The minimum absolute atomic E-state index is 0.219. The first-order valence-electron chi connectivity index (χ1n) is 8.64. The van der Waals surface area contributed by atoms with Gasteiger partial charge in [0.1, 0.15) is 11.9 Å². The van der Waals surface area contributed by atoms with Gasteiger partial charge < -0.3 is 5.32 Å². The van der Waals surface area contributed by atoms with Gasteiger partial charge in [-0.2, -0.15) is 22.5 Å². The molecule has 2 N–H and O–H groups in total. The molecule has 27 heavy (non-hydrogen) atoms. The Morgan fingerprint density at radius 2 is 2.07 bits per heavy atom. The number of carbonyl (C=O) groups is 1. The van der Waals surface area contributed by atoms with Crippen LogP contribution in [0, 0.1) is 5.82 Å². The molecule has 1 aliphatic heterocycles. The smallest absolute Gasteiger partial charge is 0.280 e. The fourth-order valence-corrected chi connectivity index (χ4v) is 4.30. The van der Waals surface area contributed by atoms with E-state index in [9.17, 15) is 17.6 Å². The van der Waals surface area contributed by atoms with Crippen LogP contribution in [-0.2, 0) is 21.5 Å². The predicted molar refractivity (Wildman–Crippen MR) is 98.5 cm³/mol. The molecule has 2 atom stereocenters. The first-order valence-corrected chi connectivity index (χ1v) is 10.1. The predicted octanol–water partition coefficient (Wildman–Crippen LogP) is 1.65. The highest BCUT2D eigenvalue weighted by Crippen LogP contribution is 2.28. The zero-order valence-corrected chi connectivity index (χ0v) is 15.9. The highest BCUT2D eigenvalue weighted by molar-refractivity contribution is 7.87. The van der Waals surface area contributed by atoms with Gasteiger partial charge in [-0.25, -0.2) is 4.39 Å². The normalized spacial score (nSPS) is 22.5. The number of likely N-dealkylation sites (N-methyl/N-ethyl adjacent to an activating group) is 1. The molecule has 0 aliphatic carbocycles. The molecule has 8 nitrogen and oxygen atoms in total. The van der Waals surface area contributed by atoms with Crippen LogP contribution >= 0.6 is 0 Å². The van der Waals surface area contributed by atoms with Crippen LogP contribution in [0.1, 0.15) is 31.4 Å². The number of nitrogens with zero attached hydrogens (tertiary/aromatic N) is 3. The van der Waals surface area contributed by atoms with E-state index in [1.165, 1.54) is 37.5 Å². The lowest BCUT2D eigenvalue weighted by Gasteiger charge is -2.36. The van der Waals surface area contributed by atoms with E-state index in [0.717, 1.165) is 17.3 Å². The van der Waals surface area contributed by atoms with Gasteiger partial charge in [-0.3, -0.25) is 9.48 Å². The van der Waals surface area contributed by atoms with Crippen LogP contribution in [0.5, 0.6) is 0 Å². The number of hydrogen-bond donors (Lipinski definition) is 2. The van der Waals surface area contributed by atoms with Crippen molar-refractivity contribution in [1.29, 1.82) is 0 Å². The van der Waals surface area contributed by atoms with E-state index in [0.29, 0.717) is 11.3 Å². The van der Waals surface area contributed by atoms with Crippen LogP contribution < -0.4 is 10.0 Å². The quantitative estimate of drug-likeness (QED) is 0.805. The number of amides is 1. The van der Waals surface area contributed by atoms with Gasteiger partial charge >= 0.3 is 0 Å². The topological polar surface area (TPSA) is 96.3 Å².